The first kappa shape index (κ1) is 36.5. The van der Waals surface area contributed by atoms with Crippen molar-refractivity contribution in [2.24, 2.45) is 11.7 Å². The lowest BCUT2D eigenvalue weighted by molar-refractivity contribution is -0.144. The first-order valence-electron chi connectivity index (χ1n) is 13.9. The molecule has 0 aliphatic carbocycles. The lowest BCUT2D eigenvalue weighted by Crippen LogP contribution is -2.44. The molecule has 0 bridgehead atoms. The molecule has 0 radical (unpaired) electrons. The Hall–Kier alpha value is -3.56. The molecular formula is C27H43N5O9S. The normalized spacial score (nSPS) is 13.4. The standard InChI is InChI=1S/C27H43N5O9S/c1-3-14-30-20-10-7-18(8-11-20)26(36)31-15-5-4-6-22(25(28)35)32-24(34)12-9-19(27(37)38)17-23(33)21(29-2)13-16-42(39,40)41/h7-8,10-11,19,21-22,29-30H,3-6,9,12-17H2,1-2H3,(H2,28,35)(H,31,36)(H,32,34)(H,37,38)(H,39,40,41)/t19-,21+,22+/m1/s1. The van der Waals surface area contributed by atoms with Gasteiger partial charge in [0.1, 0.15) is 6.04 Å². The van der Waals surface area contributed by atoms with Crippen molar-refractivity contribution >= 4 is 45.3 Å². The predicted molar refractivity (Wildman–Crippen MR) is 156 cm³/mol. The minimum atomic E-state index is -4.30. The molecule has 0 heterocycles. The predicted octanol–water partition coefficient (Wildman–Crippen LogP) is 0.685. The van der Waals surface area contributed by atoms with E-state index in [2.05, 4.69) is 28.2 Å². The molecular weight excluding hydrogens is 570 g/mol. The molecule has 42 heavy (non-hydrogen) atoms. The average Bonchev–Trinajstić information content (AvgIpc) is 2.92. The lowest BCUT2D eigenvalue weighted by Gasteiger charge is -2.18. The molecule has 14 nitrogen and oxygen atoms in total. The summed E-state index contributed by atoms with van der Waals surface area (Å²) in [6.07, 6.45) is 1.01. The van der Waals surface area contributed by atoms with Crippen molar-refractivity contribution in [1.29, 1.82) is 0 Å². The fourth-order valence-corrected chi connectivity index (χ4v) is 4.61. The Morgan fingerprint density at radius 1 is 0.952 bits per heavy atom. The van der Waals surface area contributed by atoms with Crippen LogP contribution in [0.5, 0.6) is 0 Å². The number of Topliss-reactive ketones (excluding diaryl/α,β-unsaturated/α-hetero) is 1. The topological polar surface area (TPSA) is 234 Å². The van der Waals surface area contributed by atoms with E-state index in [1.165, 1.54) is 7.05 Å². The Balaban J connectivity index is 2.48. The van der Waals surface area contributed by atoms with Crippen molar-refractivity contribution < 1.29 is 42.0 Å². The van der Waals surface area contributed by atoms with Crippen molar-refractivity contribution in [3.8, 4) is 0 Å². The molecule has 0 saturated heterocycles. The molecule has 1 aromatic rings. The number of carboxylic acid groups (broad SMARTS) is 1. The molecule has 0 unspecified atom stereocenters. The van der Waals surface area contributed by atoms with E-state index in [1.54, 1.807) is 12.1 Å². The minimum Gasteiger partial charge on any atom is -0.481 e. The van der Waals surface area contributed by atoms with Gasteiger partial charge in [-0.25, -0.2) is 0 Å². The third-order valence-corrected chi connectivity index (χ3v) is 7.28. The van der Waals surface area contributed by atoms with Gasteiger partial charge in [0.05, 0.1) is 17.7 Å². The van der Waals surface area contributed by atoms with E-state index in [0.717, 1.165) is 18.7 Å². The summed E-state index contributed by atoms with van der Waals surface area (Å²) in [5, 5.41) is 20.6. The molecule has 15 heteroatoms. The Labute approximate surface area is 246 Å². The minimum absolute atomic E-state index is 0.200. The van der Waals surface area contributed by atoms with Crippen LogP contribution in [-0.4, -0.2) is 85.5 Å². The van der Waals surface area contributed by atoms with Gasteiger partial charge in [-0.2, -0.15) is 8.42 Å². The van der Waals surface area contributed by atoms with Gasteiger partial charge in [0, 0.05) is 37.2 Å². The van der Waals surface area contributed by atoms with Crippen LogP contribution >= 0.6 is 0 Å². The monoisotopic (exact) mass is 613 g/mol. The highest BCUT2D eigenvalue weighted by Crippen LogP contribution is 2.15. The summed E-state index contributed by atoms with van der Waals surface area (Å²) in [5.41, 5.74) is 6.85. The maximum absolute atomic E-state index is 12.5. The number of ketones is 1. The fourth-order valence-electron chi connectivity index (χ4n) is 4.07. The number of nitrogens with one attached hydrogen (secondary N) is 4. The number of hydrogen-bond donors (Lipinski definition) is 7. The van der Waals surface area contributed by atoms with Crippen LogP contribution in [0.4, 0.5) is 5.69 Å². The van der Waals surface area contributed by atoms with Gasteiger partial charge >= 0.3 is 5.97 Å². The second-order valence-electron chi connectivity index (χ2n) is 9.94. The van der Waals surface area contributed by atoms with Gasteiger partial charge in [0.25, 0.3) is 16.0 Å². The zero-order chi connectivity index (χ0) is 31.7. The maximum atomic E-state index is 12.5. The summed E-state index contributed by atoms with van der Waals surface area (Å²) < 4.78 is 30.8. The number of carbonyl (C=O) groups excluding carboxylic acids is 4. The number of hydrogen-bond acceptors (Lipinski definition) is 9. The molecule has 0 aliphatic rings. The molecule has 236 valence electrons. The first-order chi connectivity index (χ1) is 19.8. The number of likely N-dealkylation sites (N-methyl/N-ethyl adjacent to an activating group) is 1. The van der Waals surface area contributed by atoms with E-state index in [4.69, 9.17) is 10.3 Å². The van der Waals surface area contributed by atoms with Gasteiger partial charge in [-0.15, -0.1) is 0 Å². The smallest absolute Gasteiger partial charge is 0.306 e. The van der Waals surface area contributed by atoms with Crippen molar-refractivity contribution in [2.45, 2.75) is 70.4 Å². The fraction of sp³-hybridized carbons (Fsp3) is 0.593. The summed E-state index contributed by atoms with van der Waals surface area (Å²) in [5.74, 6) is -5.37. The number of anilines is 1. The van der Waals surface area contributed by atoms with E-state index < -0.39 is 63.9 Å². The number of primary amides is 1. The number of carboxylic acids is 1. The Morgan fingerprint density at radius 2 is 1.62 bits per heavy atom. The summed E-state index contributed by atoms with van der Waals surface area (Å²) in [6.45, 7) is 3.24. The summed E-state index contributed by atoms with van der Waals surface area (Å²) in [6, 6.07) is 5.12. The zero-order valence-corrected chi connectivity index (χ0v) is 24.9. The van der Waals surface area contributed by atoms with Crippen LogP contribution in [0.15, 0.2) is 24.3 Å². The Kier molecular flexibility index (Phi) is 16.3. The Morgan fingerprint density at radius 3 is 2.17 bits per heavy atom. The van der Waals surface area contributed by atoms with Crippen molar-refractivity contribution in [3.05, 3.63) is 29.8 Å². The molecule has 0 fully saturated rings. The second kappa shape index (κ2) is 18.8. The van der Waals surface area contributed by atoms with Crippen LogP contribution in [-0.2, 0) is 29.3 Å². The van der Waals surface area contributed by atoms with Crippen molar-refractivity contribution in [3.63, 3.8) is 0 Å². The van der Waals surface area contributed by atoms with Crippen LogP contribution in [0.1, 0.15) is 68.6 Å². The van der Waals surface area contributed by atoms with E-state index >= 15 is 0 Å². The molecule has 0 spiro atoms. The molecule has 0 saturated carbocycles. The van der Waals surface area contributed by atoms with Gasteiger partial charge in [-0.3, -0.25) is 28.5 Å². The molecule has 0 aliphatic heterocycles. The number of amides is 3. The number of nitrogens with two attached hydrogens (primary N) is 1. The van der Waals surface area contributed by atoms with Crippen molar-refractivity contribution in [1.82, 2.24) is 16.0 Å². The van der Waals surface area contributed by atoms with Crippen molar-refractivity contribution in [2.75, 3.05) is 31.2 Å². The largest absolute Gasteiger partial charge is 0.481 e. The number of rotatable bonds is 22. The van der Waals surface area contributed by atoms with E-state index in [0.29, 0.717) is 24.9 Å². The van der Waals surface area contributed by atoms with Crippen LogP contribution < -0.4 is 27.0 Å². The average molecular weight is 614 g/mol. The highest BCUT2D eigenvalue weighted by atomic mass is 32.2. The first-order valence-corrected chi connectivity index (χ1v) is 15.5. The molecule has 1 aromatic carbocycles. The summed E-state index contributed by atoms with van der Waals surface area (Å²) in [4.78, 5) is 60.7. The lowest BCUT2D eigenvalue weighted by atomic mass is 9.93. The van der Waals surface area contributed by atoms with E-state index in [1.807, 2.05) is 12.1 Å². The Bertz CT molecular complexity index is 1160. The second-order valence-corrected chi connectivity index (χ2v) is 11.5. The van der Waals surface area contributed by atoms with Gasteiger partial charge < -0.3 is 32.1 Å². The van der Waals surface area contributed by atoms with E-state index in [-0.39, 0.29) is 31.6 Å². The number of unbranched alkanes of at least 4 members (excludes halogenated alkanes) is 1. The molecule has 3 amide bonds. The van der Waals surface area contributed by atoms with Gasteiger partial charge in [-0.1, -0.05) is 6.92 Å². The van der Waals surface area contributed by atoms with Gasteiger partial charge in [0.15, 0.2) is 5.78 Å². The molecule has 1 rings (SSSR count). The van der Waals surface area contributed by atoms with Gasteiger partial charge in [-0.05, 0) is 69.8 Å². The highest BCUT2D eigenvalue weighted by molar-refractivity contribution is 7.85. The zero-order valence-electron chi connectivity index (χ0n) is 24.1. The molecule has 8 N–H and O–H groups in total. The molecule has 0 aromatic heterocycles. The van der Waals surface area contributed by atoms with Crippen LogP contribution in [0.3, 0.4) is 0 Å². The highest BCUT2D eigenvalue weighted by Gasteiger charge is 2.27. The quantitative estimate of drug-likeness (QED) is 0.0709. The maximum Gasteiger partial charge on any atom is 0.306 e. The van der Waals surface area contributed by atoms with Gasteiger partial charge in [0.2, 0.25) is 11.8 Å². The van der Waals surface area contributed by atoms with Crippen LogP contribution in [0.25, 0.3) is 0 Å². The summed E-state index contributed by atoms with van der Waals surface area (Å²) >= 11 is 0. The molecule has 3 atom stereocenters. The number of carbonyl (C=O) groups is 5. The number of benzene rings is 1. The number of aliphatic carboxylic acids is 1. The van der Waals surface area contributed by atoms with E-state index in [9.17, 15) is 37.5 Å². The third-order valence-electron chi connectivity index (χ3n) is 6.53. The summed E-state index contributed by atoms with van der Waals surface area (Å²) in [7, 11) is -2.90. The SMILES string of the molecule is CCCNc1ccc(C(=O)NCCCC[C@H](NC(=O)CC[C@H](CC(=O)[C@H](CCS(=O)(=O)O)NC)C(=O)O)C(N)=O)cc1. The van der Waals surface area contributed by atoms with Crippen LogP contribution in [0.2, 0.25) is 0 Å². The van der Waals surface area contributed by atoms with Crippen LogP contribution in [0, 0.1) is 5.92 Å². The third kappa shape index (κ3) is 14.9.